The number of amides is 3. The van der Waals surface area contributed by atoms with Crippen LogP contribution in [0.5, 0.6) is 0 Å². The van der Waals surface area contributed by atoms with Gasteiger partial charge in [0.25, 0.3) is 0 Å². The number of carbonyl (C=O) groups excluding carboxylic acids is 6. The summed E-state index contributed by atoms with van der Waals surface area (Å²) >= 11 is 0. The average molecular weight is 1560 g/mol. The zero-order valence-corrected chi connectivity index (χ0v) is 63.6. The number of rotatable bonds is 45. The van der Waals surface area contributed by atoms with E-state index in [-0.39, 0.29) is 173 Å². The fourth-order valence-corrected chi connectivity index (χ4v) is 15.3. The molecule has 36 heteroatoms. The smallest absolute Gasteiger partial charge is 0.394 e. The van der Waals surface area contributed by atoms with Gasteiger partial charge in [0.15, 0.2) is 18.9 Å². The number of hydrogen-bond acceptors (Lipinski definition) is 29. The summed E-state index contributed by atoms with van der Waals surface area (Å²) in [6.07, 6.45) is -12.6. The van der Waals surface area contributed by atoms with Gasteiger partial charge in [-0.05, 0) is 77.0 Å². The minimum Gasteiger partial charge on any atom is -0.394 e. The first-order chi connectivity index (χ1) is 49.5. The largest absolute Gasteiger partial charge is 0.472 e. The van der Waals surface area contributed by atoms with Gasteiger partial charge in [0.2, 0.25) is 17.7 Å². The van der Waals surface area contributed by atoms with Crippen LogP contribution in [0.2, 0.25) is 0 Å². The standard InChI is InChI=1S/C64H111N3O31P2.2C2H6.CH4/c1-38-56(78)59(81)50(32-68)94-62(38)89-23-11-17-44(71)14-5-8-20-53(75)65-29-47(74)26-41(65)36-92-99(84,85)98-49-28-43(67(31-49)55(77)22-10-7-16-46(73)19-13-25-91-64-40(3)58(80)61(83)52(34-70)96-64)37-93-100(86,87)97-48-27-42(35-88-4)66(30-48)54(76)21-9-6-15-45(72)18-12-24-90-63-39(2)57(79)60(82)51(33-69)95-63;2*1-2;/h38-43,47-52,56-64,68-70,74,78-83H,5-37H2,1-4H3,(H,84,85)(H,86,87);2*1-2H3;1H4/t38?,39?,40?,41-,42-,43-,47+,48+,49+,50?,51?,52?,56+,57+,58+,59-,60-,61-,62+,63+,64+;;;/m0.../s1. The first-order valence-electron chi connectivity index (χ1n) is 37.1. The van der Waals surface area contributed by atoms with Crippen LogP contribution in [-0.2, 0) is 89.2 Å². The van der Waals surface area contributed by atoms with Crippen molar-refractivity contribution >= 4 is 50.7 Å². The van der Waals surface area contributed by atoms with Crippen molar-refractivity contribution < 1.29 is 150 Å². The molecule has 6 aliphatic rings. The molecule has 6 aliphatic heterocycles. The molecule has 8 unspecified atom stereocenters. The van der Waals surface area contributed by atoms with Crippen molar-refractivity contribution in [3.8, 4) is 0 Å². The molecule has 0 spiro atoms. The number of ketones is 3. The van der Waals surface area contributed by atoms with Gasteiger partial charge in [0.1, 0.15) is 54.0 Å². The molecule has 0 saturated carbocycles. The molecule has 0 aliphatic carbocycles. The Hall–Kier alpha value is -3.04. The fourth-order valence-electron chi connectivity index (χ4n) is 13.4. The average Bonchev–Trinajstić information content (AvgIpc) is 1.23. The molecule has 3 amide bonds. The van der Waals surface area contributed by atoms with Gasteiger partial charge >= 0.3 is 15.6 Å². The molecule has 0 aromatic rings. The van der Waals surface area contributed by atoms with Gasteiger partial charge in [-0.25, -0.2) is 9.13 Å². The fraction of sp³-hybridized carbons (Fsp3) is 0.913. The van der Waals surface area contributed by atoms with E-state index in [1.54, 1.807) is 20.8 Å². The predicted molar refractivity (Wildman–Crippen MR) is 376 cm³/mol. The van der Waals surface area contributed by atoms with Crippen LogP contribution in [0.4, 0.5) is 0 Å². The summed E-state index contributed by atoms with van der Waals surface area (Å²) in [6.45, 7) is 10.1. The van der Waals surface area contributed by atoms with E-state index in [9.17, 15) is 98.7 Å². The van der Waals surface area contributed by atoms with Crippen LogP contribution < -0.4 is 0 Å². The van der Waals surface area contributed by atoms with Gasteiger partial charge in [-0.2, -0.15) is 0 Å². The quantitative estimate of drug-likeness (QED) is 0.0308. The molecule has 6 fully saturated rings. The maximum absolute atomic E-state index is 14.0. The number of aliphatic hydroxyl groups excluding tert-OH is 10. The second-order valence-electron chi connectivity index (χ2n) is 27.3. The Morgan fingerprint density at radius 1 is 0.410 bits per heavy atom. The van der Waals surface area contributed by atoms with E-state index in [1.165, 1.54) is 21.8 Å². The van der Waals surface area contributed by atoms with Crippen LogP contribution in [0.25, 0.3) is 0 Å². The van der Waals surface area contributed by atoms with Crippen LogP contribution in [0.3, 0.4) is 0 Å². The minimum atomic E-state index is -5.00. The summed E-state index contributed by atoms with van der Waals surface area (Å²) in [7, 11) is -8.54. The number of β-amino-alcohol motifs (C(OH)–C–C–N with tert-alkyl or cyclic N) is 1. The highest BCUT2D eigenvalue weighted by atomic mass is 31.2. The van der Waals surface area contributed by atoms with Crippen LogP contribution in [0, 0.1) is 17.8 Å². The Balaban J connectivity index is 0.00000562. The lowest BCUT2D eigenvalue weighted by Crippen LogP contribution is -2.55. The Bertz CT molecular complexity index is 2640. The summed E-state index contributed by atoms with van der Waals surface area (Å²) in [5.41, 5.74) is 0. The highest BCUT2D eigenvalue weighted by molar-refractivity contribution is 7.47. The Kier molecular flexibility index (Phi) is 45.2. The first-order valence-corrected chi connectivity index (χ1v) is 40.1. The van der Waals surface area contributed by atoms with E-state index < -0.39 is 183 Å². The molecule has 6 heterocycles. The lowest BCUT2D eigenvalue weighted by molar-refractivity contribution is -0.282. The third-order valence-electron chi connectivity index (χ3n) is 19.4. The van der Waals surface area contributed by atoms with Crippen molar-refractivity contribution in [2.75, 3.05) is 86.2 Å². The van der Waals surface area contributed by atoms with Gasteiger partial charge in [-0.15, -0.1) is 0 Å². The second-order valence-corrected chi connectivity index (χ2v) is 30.1. The molecule has 0 radical (unpaired) electrons. The number of methoxy groups -OCH3 is 1. The van der Waals surface area contributed by atoms with Gasteiger partial charge in [-0.3, -0.25) is 46.9 Å². The van der Waals surface area contributed by atoms with Crippen molar-refractivity contribution in [2.45, 2.75) is 301 Å². The first kappa shape index (κ1) is 96.2. The molecule has 23 atom stereocenters. The minimum absolute atomic E-state index is 0. The number of nitrogens with zero attached hydrogens (tertiary/aromatic N) is 3. The molecular formula is C69H127N3O31P2. The van der Waals surface area contributed by atoms with E-state index in [1.807, 2.05) is 27.7 Å². The zero-order chi connectivity index (χ0) is 77.4. The molecule has 6 rings (SSSR count). The normalized spacial score (nSPS) is 32.3. The van der Waals surface area contributed by atoms with Crippen LogP contribution in [0.1, 0.15) is 191 Å². The van der Waals surface area contributed by atoms with Gasteiger partial charge in [-0.1, -0.05) is 55.9 Å². The molecule has 105 heavy (non-hydrogen) atoms. The lowest BCUT2D eigenvalue weighted by atomic mass is 9.92. The van der Waals surface area contributed by atoms with E-state index in [0.717, 1.165) is 0 Å². The van der Waals surface area contributed by atoms with Gasteiger partial charge in [0, 0.05) is 102 Å². The van der Waals surface area contributed by atoms with Crippen LogP contribution >= 0.6 is 15.6 Å². The highest BCUT2D eigenvalue weighted by Gasteiger charge is 2.47. The van der Waals surface area contributed by atoms with E-state index in [4.69, 9.17) is 51.3 Å². The Morgan fingerprint density at radius 2 is 0.686 bits per heavy atom. The number of carbonyl (C=O) groups is 6. The number of ether oxygens (including phenoxy) is 7. The van der Waals surface area contributed by atoms with E-state index in [0.29, 0.717) is 44.9 Å². The summed E-state index contributed by atoms with van der Waals surface area (Å²) in [5, 5.41) is 100. The third-order valence-corrected chi connectivity index (χ3v) is 21.5. The maximum atomic E-state index is 14.0. The summed E-state index contributed by atoms with van der Waals surface area (Å²) in [6, 6.07) is -2.43. The Morgan fingerprint density at radius 3 is 0.990 bits per heavy atom. The van der Waals surface area contributed by atoms with Crippen molar-refractivity contribution in [2.24, 2.45) is 17.8 Å². The number of aliphatic hydroxyl groups is 10. The zero-order valence-electron chi connectivity index (χ0n) is 61.8. The predicted octanol–water partition coefficient (Wildman–Crippen LogP) is 2.49. The molecular weight excluding hydrogens is 1430 g/mol. The molecule has 0 bridgehead atoms. The number of hydrogen-bond donors (Lipinski definition) is 12. The van der Waals surface area contributed by atoms with Crippen molar-refractivity contribution in [3.05, 3.63) is 0 Å². The van der Waals surface area contributed by atoms with Crippen molar-refractivity contribution in [1.29, 1.82) is 0 Å². The van der Waals surface area contributed by atoms with E-state index in [2.05, 4.69) is 0 Å². The van der Waals surface area contributed by atoms with E-state index >= 15 is 0 Å². The number of phosphoric ester groups is 2. The van der Waals surface area contributed by atoms with Crippen LogP contribution in [-0.4, -0.2) is 307 Å². The van der Waals surface area contributed by atoms with Crippen LogP contribution in [0.15, 0.2) is 0 Å². The monoisotopic (exact) mass is 1560 g/mol. The molecule has 0 aromatic carbocycles. The van der Waals surface area contributed by atoms with Crippen molar-refractivity contribution in [1.82, 2.24) is 14.7 Å². The second kappa shape index (κ2) is 49.4. The lowest BCUT2D eigenvalue weighted by Gasteiger charge is -2.40. The number of likely N-dealkylation sites (tertiary alicyclic amines) is 3. The third kappa shape index (κ3) is 31.2. The van der Waals surface area contributed by atoms with Crippen molar-refractivity contribution in [3.63, 3.8) is 0 Å². The topological polar surface area (TPSA) is 491 Å². The van der Waals surface area contributed by atoms with Gasteiger partial charge < -0.3 is 109 Å². The molecule has 0 aromatic heterocycles. The molecule has 34 nitrogen and oxygen atoms in total. The summed E-state index contributed by atoms with van der Waals surface area (Å²) in [5.74, 6) is -3.24. The number of unbranched alkanes of at least 4 members (excludes halogenated alkanes) is 3. The number of Topliss-reactive ketones (excluding diaryl/α,β-unsaturated/α-hetero) is 3. The molecule has 6 saturated heterocycles. The molecule has 12 N–H and O–H groups in total. The number of phosphoric acid groups is 2. The summed E-state index contributed by atoms with van der Waals surface area (Å²) < 4.78 is 88.7. The van der Waals surface area contributed by atoms with Gasteiger partial charge in [0.05, 0.1) is 114 Å². The molecule has 614 valence electrons. The Labute approximate surface area is 618 Å². The highest BCUT2D eigenvalue weighted by Crippen LogP contribution is 2.50. The maximum Gasteiger partial charge on any atom is 0.472 e. The SMILES string of the molecule is C.CC.CC.COC[C@@H]1C[C@@H](OP(=O)(O)OC[C@@H]2C[C@@H](OP(=O)(O)OC[C@@H]3C[C@@H](O)CN3C(=O)CCCCC(=O)CCCO[C@@H]3OC(CO)[C@H](O)[C@H](O)C3C)CN2C(=O)CCCCC(=O)CCCO[C@@H]2OC(CO)[C@H](O)[C@H](O)C2C)CN1C(=O)CCCCC(=O)CCCO[C@@H]1OC(CO)[C@H](O)[C@H](O)C1C. The summed E-state index contributed by atoms with van der Waals surface area (Å²) in [4.78, 5) is 106.